The van der Waals surface area contributed by atoms with Gasteiger partial charge in [0.05, 0.1) is 26.4 Å². The van der Waals surface area contributed by atoms with Gasteiger partial charge in [0.25, 0.3) is 0 Å². The zero-order valence-corrected chi connectivity index (χ0v) is 53.5. The fraction of sp³-hybridized carbons (Fsp3) is 0.935. The van der Waals surface area contributed by atoms with E-state index in [2.05, 4.69) is 27.7 Å². The number of esters is 4. The fourth-order valence-electron chi connectivity index (χ4n) is 9.28. The number of aliphatic hydroxyl groups excluding tert-OH is 1. The number of phosphoric acid groups is 2. The molecule has 0 aromatic rings. The summed E-state index contributed by atoms with van der Waals surface area (Å²) < 4.78 is 67.7. The van der Waals surface area contributed by atoms with E-state index in [0.29, 0.717) is 25.7 Å². The molecule has 0 fully saturated rings. The van der Waals surface area contributed by atoms with Gasteiger partial charge >= 0.3 is 39.5 Å². The van der Waals surface area contributed by atoms with Crippen molar-refractivity contribution < 1.29 is 80.2 Å². The lowest BCUT2D eigenvalue weighted by Gasteiger charge is -2.21. The molecule has 0 heterocycles. The summed E-state index contributed by atoms with van der Waals surface area (Å²) in [6.07, 6.45) is 42.0. The topological polar surface area (TPSA) is 237 Å². The number of unbranched alkanes of at least 4 members (excludes halogenated alkanes) is 37. The number of carbonyl (C=O) groups excluding carboxylic acids is 4. The smallest absolute Gasteiger partial charge is 0.462 e. The van der Waals surface area contributed by atoms with E-state index in [-0.39, 0.29) is 25.7 Å². The molecule has 0 saturated carbocycles. The molecule has 81 heavy (non-hydrogen) atoms. The van der Waals surface area contributed by atoms with Crippen LogP contribution in [0.2, 0.25) is 0 Å². The molecule has 0 aromatic carbocycles. The van der Waals surface area contributed by atoms with Crippen molar-refractivity contribution in [2.45, 2.75) is 335 Å². The summed E-state index contributed by atoms with van der Waals surface area (Å²) in [5.41, 5.74) is 0. The zero-order valence-electron chi connectivity index (χ0n) is 51.7. The maximum absolute atomic E-state index is 13.0. The van der Waals surface area contributed by atoms with Crippen molar-refractivity contribution in [2.24, 2.45) is 0 Å². The van der Waals surface area contributed by atoms with E-state index in [1.807, 2.05) is 0 Å². The van der Waals surface area contributed by atoms with E-state index in [9.17, 15) is 43.2 Å². The highest BCUT2D eigenvalue weighted by molar-refractivity contribution is 7.47. The van der Waals surface area contributed by atoms with Gasteiger partial charge in [0.15, 0.2) is 12.2 Å². The van der Waals surface area contributed by atoms with E-state index < -0.39 is 97.5 Å². The molecule has 2 unspecified atom stereocenters. The fourth-order valence-corrected chi connectivity index (χ4v) is 10.9. The first-order valence-electron chi connectivity index (χ1n) is 32.8. The number of phosphoric ester groups is 2. The number of carbonyl (C=O) groups is 4. The minimum atomic E-state index is -4.94. The lowest BCUT2D eigenvalue weighted by atomic mass is 10.0. The van der Waals surface area contributed by atoms with Gasteiger partial charge < -0.3 is 33.8 Å². The van der Waals surface area contributed by atoms with Crippen LogP contribution in [0.5, 0.6) is 0 Å². The second-order valence-corrected chi connectivity index (χ2v) is 25.4. The molecule has 0 bridgehead atoms. The van der Waals surface area contributed by atoms with Crippen LogP contribution in [0.1, 0.15) is 317 Å². The lowest BCUT2D eigenvalue weighted by molar-refractivity contribution is -0.161. The lowest BCUT2D eigenvalue weighted by Crippen LogP contribution is -2.30. The van der Waals surface area contributed by atoms with Gasteiger partial charge in [-0.25, -0.2) is 9.13 Å². The first-order valence-corrected chi connectivity index (χ1v) is 35.8. The third-order valence-corrected chi connectivity index (χ3v) is 16.3. The molecule has 3 N–H and O–H groups in total. The van der Waals surface area contributed by atoms with Crippen LogP contribution in [0.25, 0.3) is 0 Å². The first-order chi connectivity index (χ1) is 39.2. The minimum Gasteiger partial charge on any atom is -0.462 e. The Bertz CT molecular complexity index is 1570. The van der Waals surface area contributed by atoms with Crippen molar-refractivity contribution in [1.29, 1.82) is 0 Å². The van der Waals surface area contributed by atoms with Crippen molar-refractivity contribution in [3.63, 3.8) is 0 Å². The number of hydrogen-bond donors (Lipinski definition) is 3. The monoisotopic (exact) mass is 1200 g/mol. The van der Waals surface area contributed by atoms with Gasteiger partial charge in [-0.15, -0.1) is 0 Å². The van der Waals surface area contributed by atoms with E-state index >= 15 is 0 Å². The number of aliphatic hydroxyl groups is 1. The standard InChI is InChI=1S/C62H120O17P2/c1-5-9-13-17-20-23-25-27-29-31-34-37-41-45-49-62(67)79-58(53-73-60(65)47-43-39-35-33-30-28-26-24-21-18-14-10-6-2)55-77-81(70,71)75-51-56(63)50-74-80(68,69)76-54-57(52-72-59(64)46-42-38-16-12-8-4)78-61(66)48-44-40-36-32-22-19-15-11-7-3/h56-58,63H,5-55H2,1-4H3,(H,68,69)(H,70,71)/t56-,57+,58+/m0/s1. The molecule has 0 aromatic heterocycles. The highest BCUT2D eigenvalue weighted by Gasteiger charge is 2.30. The third-order valence-electron chi connectivity index (χ3n) is 14.4. The van der Waals surface area contributed by atoms with Crippen LogP contribution in [-0.4, -0.2) is 96.7 Å². The predicted octanol–water partition coefficient (Wildman–Crippen LogP) is 17.2. The summed E-state index contributed by atoms with van der Waals surface area (Å²) in [7, 11) is -9.87. The molecule has 0 radical (unpaired) electrons. The van der Waals surface area contributed by atoms with Crippen molar-refractivity contribution in [1.82, 2.24) is 0 Å². The molecule has 19 heteroatoms. The van der Waals surface area contributed by atoms with Crippen molar-refractivity contribution in [3.05, 3.63) is 0 Å². The highest BCUT2D eigenvalue weighted by Crippen LogP contribution is 2.45. The Hall–Kier alpha value is -1.94. The highest BCUT2D eigenvalue weighted by atomic mass is 31.2. The quantitative estimate of drug-likeness (QED) is 0.0222. The van der Waals surface area contributed by atoms with Gasteiger partial charge in [-0.2, -0.15) is 0 Å². The third kappa shape index (κ3) is 56.9. The van der Waals surface area contributed by atoms with Crippen LogP contribution in [0, 0.1) is 0 Å². The van der Waals surface area contributed by atoms with Crippen LogP contribution in [0.15, 0.2) is 0 Å². The molecule has 0 spiro atoms. The summed E-state index contributed by atoms with van der Waals surface area (Å²) >= 11 is 0. The Morgan fingerprint density at radius 2 is 0.494 bits per heavy atom. The van der Waals surface area contributed by atoms with E-state index in [1.54, 1.807) is 0 Å². The molecule has 0 rings (SSSR count). The summed E-state index contributed by atoms with van der Waals surface area (Å²) in [5, 5.41) is 10.5. The van der Waals surface area contributed by atoms with Crippen LogP contribution in [0.4, 0.5) is 0 Å². The van der Waals surface area contributed by atoms with Gasteiger partial charge in [-0.3, -0.25) is 37.3 Å². The Morgan fingerprint density at radius 1 is 0.296 bits per heavy atom. The van der Waals surface area contributed by atoms with E-state index in [1.165, 1.54) is 141 Å². The first kappa shape index (κ1) is 79.1. The van der Waals surface area contributed by atoms with Crippen LogP contribution in [-0.2, 0) is 65.4 Å². The normalized spacial score (nSPS) is 14.2. The van der Waals surface area contributed by atoms with Crippen LogP contribution < -0.4 is 0 Å². The second-order valence-electron chi connectivity index (χ2n) is 22.4. The molecule has 0 amide bonds. The minimum absolute atomic E-state index is 0.105. The Morgan fingerprint density at radius 3 is 0.728 bits per heavy atom. The van der Waals surface area contributed by atoms with Crippen molar-refractivity contribution >= 4 is 39.5 Å². The Labute approximate surface area is 492 Å². The van der Waals surface area contributed by atoms with Gasteiger partial charge in [-0.1, -0.05) is 265 Å². The van der Waals surface area contributed by atoms with E-state index in [4.69, 9.17) is 37.0 Å². The number of rotatable bonds is 63. The average Bonchev–Trinajstić information content (AvgIpc) is 3.45. The SMILES string of the molecule is CCCCCCCCCCCCCCCCC(=O)O[C@H](COC(=O)CCCCCCCCCCCCCCC)COP(=O)(O)OC[C@@H](O)COP(=O)(O)OC[C@@H](COC(=O)CCCCCCC)OC(=O)CCCCCCCCCCC. The van der Waals surface area contributed by atoms with Crippen LogP contribution >= 0.6 is 15.6 Å². The maximum Gasteiger partial charge on any atom is 0.472 e. The molecule has 0 aliphatic carbocycles. The molecule has 0 aliphatic heterocycles. The number of ether oxygens (including phenoxy) is 4. The van der Waals surface area contributed by atoms with Crippen LogP contribution in [0.3, 0.4) is 0 Å². The molecule has 480 valence electrons. The van der Waals surface area contributed by atoms with Crippen molar-refractivity contribution in [3.8, 4) is 0 Å². The zero-order chi connectivity index (χ0) is 59.8. The van der Waals surface area contributed by atoms with Gasteiger partial charge in [-0.05, 0) is 25.7 Å². The van der Waals surface area contributed by atoms with Gasteiger partial charge in [0, 0.05) is 25.7 Å². The largest absolute Gasteiger partial charge is 0.472 e. The van der Waals surface area contributed by atoms with Gasteiger partial charge in [0.1, 0.15) is 19.3 Å². The number of hydrogen-bond acceptors (Lipinski definition) is 15. The molecule has 5 atom stereocenters. The Kier molecular flexibility index (Phi) is 55.8. The summed E-state index contributed by atoms with van der Waals surface area (Å²) in [4.78, 5) is 71.8. The van der Waals surface area contributed by atoms with Crippen molar-refractivity contribution in [2.75, 3.05) is 39.6 Å². The molecular weight excluding hydrogens is 1080 g/mol. The molecule has 0 saturated heterocycles. The molecular formula is C62H120O17P2. The summed E-state index contributed by atoms with van der Waals surface area (Å²) in [6, 6.07) is 0. The summed E-state index contributed by atoms with van der Waals surface area (Å²) in [6.45, 7) is 4.78. The predicted molar refractivity (Wildman–Crippen MR) is 322 cm³/mol. The molecule has 17 nitrogen and oxygen atoms in total. The molecule has 0 aliphatic rings. The average molecular weight is 1200 g/mol. The summed E-state index contributed by atoms with van der Waals surface area (Å²) in [5.74, 6) is -2.14. The van der Waals surface area contributed by atoms with Gasteiger partial charge in [0.2, 0.25) is 0 Å². The Balaban J connectivity index is 5.17. The second kappa shape index (κ2) is 57.2. The van der Waals surface area contributed by atoms with E-state index in [0.717, 1.165) is 96.3 Å². The maximum atomic E-state index is 13.0.